The van der Waals surface area contributed by atoms with Crippen molar-refractivity contribution in [3.8, 4) is 17.1 Å². The molecular weight excluding hydrogens is 197 g/mol. The van der Waals surface area contributed by atoms with Crippen molar-refractivity contribution >= 4 is 0 Å². The van der Waals surface area contributed by atoms with E-state index in [-0.39, 0.29) is 5.82 Å². The van der Waals surface area contributed by atoms with E-state index < -0.39 is 0 Å². The first-order valence-corrected chi connectivity index (χ1v) is 4.41. The number of rotatable bonds is 2. The Morgan fingerprint density at radius 3 is 2.80 bits per heavy atom. The predicted molar refractivity (Wildman–Crippen MR) is 52.9 cm³/mol. The quantitative estimate of drug-likeness (QED) is 0.751. The molecule has 0 aliphatic carbocycles. The summed E-state index contributed by atoms with van der Waals surface area (Å²) < 4.78 is 20.3. The van der Waals surface area contributed by atoms with Crippen molar-refractivity contribution in [2.24, 2.45) is 7.05 Å². The summed E-state index contributed by atoms with van der Waals surface area (Å²) in [6.07, 6.45) is 1.52. The van der Waals surface area contributed by atoms with E-state index in [0.717, 1.165) is 0 Å². The van der Waals surface area contributed by atoms with E-state index in [2.05, 4.69) is 10.2 Å². The normalized spacial score (nSPS) is 10.3. The van der Waals surface area contributed by atoms with E-state index >= 15 is 0 Å². The number of halogens is 1. The molecular formula is C10H10FN3O. The zero-order chi connectivity index (χ0) is 10.8. The first kappa shape index (κ1) is 9.64. The lowest BCUT2D eigenvalue weighted by atomic mass is 10.1. The molecule has 0 fully saturated rings. The molecule has 0 radical (unpaired) electrons. The predicted octanol–water partition coefficient (Wildman–Crippen LogP) is 1.63. The van der Waals surface area contributed by atoms with E-state index in [9.17, 15) is 4.39 Å². The molecule has 2 rings (SSSR count). The lowest BCUT2D eigenvalue weighted by Crippen LogP contribution is -1.97. The summed E-state index contributed by atoms with van der Waals surface area (Å²) in [7, 11) is 3.25. The largest absolute Gasteiger partial charge is 0.496 e. The van der Waals surface area contributed by atoms with Crippen molar-refractivity contribution in [1.29, 1.82) is 0 Å². The van der Waals surface area contributed by atoms with Crippen molar-refractivity contribution in [2.75, 3.05) is 7.11 Å². The van der Waals surface area contributed by atoms with Gasteiger partial charge in [0.2, 0.25) is 0 Å². The highest BCUT2D eigenvalue weighted by molar-refractivity contribution is 5.64. The minimum absolute atomic E-state index is 0.333. The Hall–Kier alpha value is -1.91. The minimum atomic E-state index is -0.370. The Labute approximate surface area is 86.3 Å². The summed E-state index contributed by atoms with van der Waals surface area (Å²) in [6, 6.07) is 4.65. The molecule has 15 heavy (non-hydrogen) atoms. The maximum atomic E-state index is 13.6. The number of ether oxygens (including phenoxy) is 1. The summed E-state index contributed by atoms with van der Waals surface area (Å²) in [5.74, 6) is 0.529. The second-order valence-electron chi connectivity index (χ2n) is 3.08. The number of nitrogens with zero attached hydrogens (tertiary/aromatic N) is 3. The lowest BCUT2D eigenvalue weighted by Gasteiger charge is -2.07. The van der Waals surface area contributed by atoms with Crippen LogP contribution in [0.3, 0.4) is 0 Å². The molecule has 0 spiro atoms. The molecule has 78 valence electrons. The first-order chi connectivity index (χ1) is 7.24. The fourth-order valence-corrected chi connectivity index (χ4v) is 1.40. The van der Waals surface area contributed by atoms with Crippen LogP contribution < -0.4 is 4.74 Å². The van der Waals surface area contributed by atoms with Crippen LogP contribution in [0.15, 0.2) is 24.5 Å². The maximum absolute atomic E-state index is 13.6. The Morgan fingerprint density at radius 1 is 1.40 bits per heavy atom. The van der Waals surface area contributed by atoms with E-state index in [1.165, 1.54) is 19.5 Å². The number of methoxy groups -OCH3 is 1. The van der Waals surface area contributed by atoms with Gasteiger partial charge < -0.3 is 9.30 Å². The first-order valence-electron chi connectivity index (χ1n) is 4.41. The number of aryl methyl sites for hydroxylation is 1. The van der Waals surface area contributed by atoms with Gasteiger partial charge in [-0.2, -0.15) is 0 Å². The third-order valence-corrected chi connectivity index (χ3v) is 2.13. The molecule has 0 aliphatic rings. The maximum Gasteiger partial charge on any atom is 0.170 e. The Bertz CT molecular complexity index is 481. The van der Waals surface area contributed by atoms with Crippen LogP contribution in [0.2, 0.25) is 0 Å². The summed E-state index contributed by atoms with van der Waals surface area (Å²) >= 11 is 0. The highest BCUT2D eigenvalue weighted by Gasteiger charge is 2.15. The highest BCUT2D eigenvalue weighted by atomic mass is 19.1. The molecule has 4 nitrogen and oxygen atoms in total. The molecule has 0 amide bonds. The number of benzene rings is 1. The SMILES string of the molecule is COc1cccc(F)c1-c1nncn1C. The Balaban J connectivity index is 2.66. The van der Waals surface area contributed by atoms with Crippen LogP contribution >= 0.6 is 0 Å². The van der Waals surface area contributed by atoms with Gasteiger partial charge in [-0.1, -0.05) is 6.07 Å². The van der Waals surface area contributed by atoms with Gasteiger partial charge in [-0.25, -0.2) is 4.39 Å². The molecule has 0 unspecified atom stereocenters. The molecule has 5 heteroatoms. The van der Waals surface area contributed by atoms with Crippen LogP contribution in [0.1, 0.15) is 0 Å². The van der Waals surface area contributed by atoms with E-state index in [4.69, 9.17) is 4.74 Å². The van der Waals surface area contributed by atoms with Crippen LogP contribution in [0.25, 0.3) is 11.4 Å². The number of hydrogen-bond donors (Lipinski definition) is 0. The van der Waals surface area contributed by atoms with Gasteiger partial charge in [0.05, 0.1) is 12.7 Å². The van der Waals surface area contributed by atoms with Crippen LogP contribution in [0.4, 0.5) is 4.39 Å². The Kier molecular flexibility index (Phi) is 2.37. The molecule has 0 aliphatic heterocycles. The highest BCUT2D eigenvalue weighted by Crippen LogP contribution is 2.30. The third kappa shape index (κ3) is 1.56. The summed E-state index contributed by atoms with van der Waals surface area (Å²) in [4.78, 5) is 0. The summed E-state index contributed by atoms with van der Waals surface area (Å²) in [5.41, 5.74) is 0.333. The zero-order valence-corrected chi connectivity index (χ0v) is 8.44. The topological polar surface area (TPSA) is 39.9 Å². The fraction of sp³-hybridized carbons (Fsp3) is 0.200. The molecule has 1 heterocycles. The van der Waals surface area contributed by atoms with Gasteiger partial charge in [0.15, 0.2) is 5.82 Å². The van der Waals surface area contributed by atoms with Gasteiger partial charge >= 0.3 is 0 Å². The van der Waals surface area contributed by atoms with Gasteiger partial charge in [0, 0.05) is 7.05 Å². The molecule has 0 saturated heterocycles. The monoisotopic (exact) mass is 207 g/mol. The molecule has 0 bridgehead atoms. The second-order valence-corrected chi connectivity index (χ2v) is 3.08. The fourth-order valence-electron chi connectivity index (χ4n) is 1.40. The van der Waals surface area contributed by atoms with Crippen molar-refractivity contribution in [3.63, 3.8) is 0 Å². The van der Waals surface area contributed by atoms with Gasteiger partial charge in [0.25, 0.3) is 0 Å². The van der Waals surface area contributed by atoms with Gasteiger partial charge in [-0.15, -0.1) is 10.2 Å². The molecule has 0 N–H and O–H groups in total. The smallest absolute Gasteiger partial charge is 0.170 e. The van der Waals surface area contributed by atoms with Gasteiger partial charge in [-0.05, 0) is 12.1 Å². The number of hydrogen-bond acceptors (Lipinski definition) is 3. The Morgan fingerprint density at radius 2 is 2.20 bits per heavy atom. The molecule has 1 aromatic heterocycles. The van der Waals surface area contributed by atoms with Gasteiger partial charge in [-0.3, -0.25) is 0 Å². The average molecular weight is 207 g/mol. The number of aromatic nitrogens is 3. The molecule has 2 aromatic rings. The van der Waals surface area contributed by atoms with Crippen molar-refractivity contribution in [3.05, 3.63) is 30.3 Å². The molecule has 0 saturated carbocycles. The van der Waals surface area contributed by atoms with Crippen LogP contribution in [0.5, 0.6) is 5.75 Å². The van der Waals surface area contributed by atoms with E-state index in [0.29, 0.717) is 17.1 Å². The van der Waals surface area contributed by atoms with E-state index in [1.54, 1.807) is 23.7 Å². The summed E-state index contributed by atoms with van der Waals surface area (Å²) in [5, 5.41) is 7.55. The third-order valence-electron chi connectivity index (χ3n) is 2.13. The second kappa shape index (κ2) is 3.68. The average Bonchev–Trinajstić information content (AvgIpc) is 2.64. The van der Waals surface area contributed by atoms with Gasteiger partial charge in [0.1, 0.15) is 17.9 Å². The zero-order valence-electron chi connectivity index (χ0n) is 8.44. The molecule has 0 atom stereocenters. The van der Waals surface area contributed by atoms with E-state index in [1.807, 2.05) is 0 Å². The van der Waals surface area contributed by atoms with Crippen molar-refractivity contribution in [1.82, 2.24) is 14.8 Å². The van der Waals surface area contributed by atoms with Crippen molar-refractivity contribution in [2.45, 2.75) is 0 Å². The van der Waals surface area contributed by atoms with Crippen LogP contribution in [-0.2, 0) is 7.05 Å². The summed E-state index contributed by atoms with van der Waals surface area (Å²) in [6.45, 7) is 0. The lowest BCUT2D eigenvalue weighted by molar-refractivity contribution is 0.413. The molecule has 1 aromatic carbocycles. The van der Waals surface area contributed by atoms with Crippen LogP contribution in [0, 0.1) is 5.82 Å². The van der Waals surface area contributed by atoms with Crippen molar-refractivity contribution < 1.29 is 9.13 Å². The van der Waals surface area contributed by atoms with Crippen LogP contribution in [-0.4, -0.2) is 21.9 Å². The standard InChI is InChI=1S/C10H10FN3O/c1-14-6-12-13-10(14)9-7(11)4-3-5-8(9)15-2/h3-6H,1-2H3. The minimum Gasteiger partial charge on any atom is -0.496 e.